The highest BCUT2D eigenvalue weighted by molar-refractivity contribution is 5.81. The van der Waals surface area contributed by atoms with E-state index >= 15 is 0 Å². The number of nitrogens with one attached hydrogen (secondary N) is 2. The molecule has 17 heavy (non-hydrogen) atoms. The first kappa shape index (κ1) is 14.1. The molecule has 0 heterocycles. The van der Waals surface area contributed by atoms with Crippen LogP contribution in [-0.4, -0.2) is 24.5 Å². The number of terminal acetylenes is 1. The predicted octanol–water partition coefficient (Wildman–Crippen LogP) is 1.68. The minimum absolute atomic E-state index is 0.00313. The van der Waals surface area contributed by atoms with E-state index in [1.165, 1.54) is 32.1 Å². The number of hydrogen-bond acceptors (Lipinski definition) is 2. The number of rotatable bonds is 5. The zero-order chi connectivity index (χ0) is 12.7. The summed E-state index contributed by atoms with van der Waals surface area (Å²) in [6.07, 6.45) is 11.4. The highest BCUT2D eigenvalue weighted by Gasteiger charge is 2.26. The molecule has 1 saturated carbocycles. The molecule has 0 radical (unpaired) electrons. The fourth-order valence-electron chi connectivity index (χ4n) is 2.60. The van der Waals surface area contributed by atoms with Crippen molar-refractivity contribution in [1.29, 1.82) is 0 Å². The molecule has 1 aliphatic rings. The predicted molar refractivity (Wildman–Crippen MR) is 70.5 cm³/mol. The topological polar surface area (TPSA) is 41.1 Å². The van der Waals surface area contributed by atoms with Crippen molar-refractivity contribution in [3.05, 3.63) is 0 Å². The number of amides is 1. The second-order valence-corrected chi connectivity index (χ2v) is 4.87. The van der Waals surface area contributed by atoms with Gasteiger partial charge in [0.05, 0.1) is 12.6 Å². The zero-order valence-corrected chi connectivity index (χ0v) is 11.0. The Kier molecular flexibility index (Phi) is 6.07. The maximum absolute atomic E-state index is 11.7. The van der Waals surface area contributed by atoms with Gasteiger partial charge in [0, 0.05) is 6.04 Å². The van der Waals surface area contributed by atoms with Crippen LogP contribution in [0.3, 0.4) is 0 Å². The van der Waals surface area contributed by atoms with Gasteiger partial charge < -0.3 is 10.6 Å². The van der Waals surface area contributed by atoms with Gasteiger partial charge in [0.25, 0.3) is 0 Å². The van der Waals surface area contributed by atoms with Gasteiger partial charge in [-0.1, -0.05) is 32.1 Å². The number of carbonyl (C=O) groups is 1. The minimum atomic E-state index is -0.152. The highest BCUT2D eigenvalue weighted by atomic mass is 16.2. The van der Waals surface area contributed by atoms with Crippen molar-refractivity contribution in [2.75, 3.05) is 6.54 Å². The molecule has 3 heteroatoms. The molecule has 3 atom stereocenters. The maximum atomic E-state index is 11.7. The molecule has 0 bridgehead atoms. The van der Waals surface area contributed by atoms with Gasteiger partial charge in [-0.2, -0.15) is 0 Å². The normalized spacial score (nSPS) is 25.9. The van der Waals surface area contributed by atoms with Gasteiger partial charge in [-0.25, -0.2) is 0 Å². The first-order valence-electron chi connectivity index (χ1n) is 6.66. The largest absolute Gasteiger partial charge is 0.344 e. The zero-order valence-electron chi connectivity index (χ0n) is 11.0. The van der Waals surface area contributed by atoms with Crippen LogP contribution < -0.4 is 10.6 Å². The average Bonchev–Trinajstić information content (AvgIpc) is 2.36. The van der Waals surface area contributed by atoms with Crippen molar-refractivity contribution < 1.29 is 4.79 Å². The first-order valence-corrected chi connectivity index (χ1v) is 6.66. The van der Waals surface area contributed by atoms with Gasteiger partial charge in [0.1, 0.15) is 0 Å². The molecular formula is C14H24N2O. The molecule has 0 aliphatic heterocycles. The Balaban J connectivity index is 2.40. The number of carbonyl (C=O) groups excluding carboxylic acids is 1. The molecule has 1 rings (SSSR count). The van der Waals surface area contributed by atoms with E-state index in [1.807, 2.05) is 6.92 Å². The van der Waals surface area contributed by atoms with Crippen molar-refractivity contribution in [3.63, 3.8) is 0 Å². The summed E-state index contributed by atoms with van der Waals surface area (Å²) >= 11 is 0. The van der Waals surface area contributed by atoms with Crippen LogP contribution in [0.25, 0.3) is 0 Å². The molecule has 0 aromatic heterocycles. The van der Waals surface area contributed by atoms with Crippen LogP contribution in [0.4, 0.5) is 0 Å². The Hall–Kier alpha value is -1.01. The molecule has 2 N–H and O–H groups in total. The maximum Gasteiger partial charge on any atom is 0.237 e. The van der Waals surface area contributed by atoms with E-state index in [0.29, 0.717) is 18.5 Å². The summed E-state index contributed by atoms with van der Waals surface area (Å²) in [7, 11) is 0. The lowest BCUT2D eigenvalue weighted by molar-refractivity contribution is -0.122. The minimum Gasteiger partial charge on any atom is -0.344 e. The molecule has 0 aromatic carbocycles. The van der Waals surface area contributed by atoms with Crippen LogP contribution in [0.1, 0.15) is 46.0 Å². The second-order valence-electron chi connectivity index (χ2n) is 4.87. The summed E-state index contributed by atoms with van der Waals surface area (Å²) in [6.45, 7) is 4.45. The SMILES string of the molecule is C#CCNC(=O)C(C)NC1CCCCC1CC. The summed E-state index contributed by atoms with van der Waals surface area (Å²) in [5, 5.41) is 6.16. The van der Waals surface area contributed by atoms with Gasteiger partial charge in [0.15, 0.2) is 0 Å². The second kappa shape index (κ2) is 7.34. The van der Waals surface area contributed by atoms with Gasteiger partial charge in [-0.15, -0.1) is 6.42 Å². The summed E-state index contributed by atoms with van der Waals surface area (Å²) in [5.74, 6) is 3.13. The van der Waals surface area contributed by atoms with Crippen LogP contribution in [0.5, 0.6) is 0 Å². The van der Waals surface area contributed by atoms with Gasteiger partial charge in [0.2, 0.25) is 5.91 Å². The van der Waals surface area contributed by atoms with Crippen molar-refractivity contribution in [2.24, 2.45) is 5.92 Å². The summed E-state index contributed by atoms with van der Waals surface area (Å²) < 4.78 is 0. The Bertz CT molecular complexity index is 282. The van der Waals surface area contributed by atoms with Crippen molar-refractivity contribution >= 4 is 5.91 Å². The van der Waals surface area contributed by atoms with E-state index in [0.717, 1.165) is 0 Å². The summed E-state index contributed by atoms with van der Waals surface area (Å²) in [4.78, 5) is 11.7. The highest BCUT2D eigenvalue weighted by Crippen LogP contribution is 2.26. The third-order valence-corrected chi connectivity index (χ3v) is 3.66. The lowest BCUT2D eigenvalue weighted by atomic mass is 9.82. The molecule has 0 saturated heterocycles. The van der Waals surface area contributed by atoms with E-state index in [9.17, 15) is 4.79 Å². The van der Waals surface area contributed by atoms with Crippen LogP contribution in [0.2, 0.25) is 0 Å². The van der Waals surface area contributed by atoms with Crippen LogP contribution in [0.15, 0.2) is 0 Å². The smallest absolute Gasteiger partial charge is 0.237 e. The summed E-state index contributed by atoms with van der Waals surface area (Å²) in [5.41, 5.74) is 0. The summed E-state index contributed by atoms with van der Waals surface area (Å²) in [6, 6.07) is 0.334. The van der Waals surface area contributed by atoms with Crippen molar-refractivity contribution in [1.82, 2.24) is 10.6 Å². The quantitative estimate of drug-likeness (QED) is 0.713. The van der Waals surface area contributed by atoms with Crippen LogP contribution in [-0.2, 0) is 4.79 Å². The van der Waals surface area contributed by atoms with Gasteiger partial charge >= 0.3 is 0 Å². The van der Waals surface area contributed by atoms with Crippen molar-refractivity contribution in [3.8, 4) is 12.3 Å². The van der Waals surface area contributed by atoms with E-state index in [4.69, 9.17) is 6.42 Å². The van der Waals surface area contributed by atoms with E-state index in [2.05, 4.69) is 23.5 Å². The fraction of sp³-hybridized carbons (Fsp3) is 0.786. The fourth-order valence-corrected chi connectivity index (χ4v) is 2.60. The van der Waals surface area contributed by atoms with Gasteiger partial charge in [-0.3, -0.25) is 4.79 Å². The monoisotopic (exact) mass is 236 g/mol. The number of hydrogen-bond donors (Lipinski definition) is 2. The molecule has 0 aromatic rings. The average molecular weight is 236 g/mol. The van der Waals surface area contributed by atoms with Gasteiger partial charge in [-0.05, 0) is 25.7 Å². The molecule has 1 fully saturated rings. The molecule has 3 nitrogen and oxygen atoms in total. The molecule has 0 spiro atoms. The lowest BCUT2D eigenvalue weighted by Gasteiger charge is -2.33. The van der Waals surface area contributed by atoms with E-state index < -0.39 is 0 Å². The molecule has 1 aliphatic carbocycles. The van der Waals surface area contributed by atoms with Crippen molar-refractivity contribution in [2.45, 2.75) is 58.0 Å². The van der Waals surface area contributed by atoms with Crippen LogP contribution >= 0.6 is 0 Å². The van der Waals surface area contributed by atoms with Crippen LogP contribution in [0, 0.1) is 18.3 Å². The molecule has 96 valence electrons. The Morgan fingerprint density at radius 3 is 2.82 bits per heavy atom. The third kappa shape index (κ3) is 4.40. The lowest BCUT2D eigenvalue weighted by Crippen LogP contribution is -2.49. The third-order valence-electron chi connectivity index (χ3n) is 3.66. The van der Waals surface area contributed by atoms with E-state index in [-0.39, 0.29) is 11.9 Å². The molecular weight excluding hydrogens is 212 g/mol. The molecule has 3 unspecified atom stereocenters. The Labute approximate surface area is 105 Å². The van der Waals surface area contributed by atoms with E-state index in [1.54, 1.807) is 0 Å². The Morgan fingerprint density at radius 1 is 1.47 bits per heavy atom. The standard InChI is InChI=1S/C14H24N2O/c1-4-10-15-14(17)11(3)16-13-9-7-6-8-12(13)5-2/h1,11-13,16H,5-10H2,2-3H3,(H,15,17). The first-order chi connectivity index (χ1) is 8.19. The molecule has 1 amide bonds. The Morgan fingerprint density at radius 2 is 2.18 bits per heavy atom.